The number of rotatable bonds is 10. The van der Waals surface area contributed by atoms with Gasteiger partial charge in [0, 0.05) is 64.6 Å². The molecular formula is C27H41N5O3. The van der Waals surface area contributed by atoms with E-state index >= 15 is 0 Å². The molecule has 1 aromatic heterocycles. The van der Waals surface area contributed by atoms with Crippen molar-refractivity contribution in [2.24, 2.45) is 0 Å². The summed E-state index contributed by atoms with van der Waals surface area (Å²) < 4.78 is 5.67. The van der Waals surface area contributed by atoms with E-state index < -0.39 is 0 Å². The molecule has 3 heterocycles. The van der Waals surface area contributed by atoms with Gasteiger partial charge in [-0.15, -0.1) is 0 Å². The molecule has 0 aliphatic carbocycles. The van der Waals surface area contributed by atoms with Gasteiger partial charge in [0.15, 0.2) is 5.69 Å². The van der Waals surface area contributed by atoms with Crippen molar-refractivity contribution in [1.82, 2.24) is 19.7 Å². The lowest BCUT2D eigenvalue weighted by Gasteiger charge is -2.36. The van der Waals surface area contributed by atoms with E-state index in [9.17, 15) is 9.90 Å². The topological polar surface area (TPSA) is 76.3 Å². The molecule has 0 spiro atoms. The Morgan fingerprint density at radius 3 is 2.46 bits per heavy atom. The van der Waals surface area contributed by atoms with Gasteiger partial charge in [-0.3, -0.25) is 14.6 Å². The lowest BCUT2D eigenvalue weighted by atomic mass is 10.1. The number of anilines is 1. The minimum Gasteiger partial charge on any atom is -0.447 e. The first-order valence-corrected chi connectivity index (χ1v) is 13.3. The van der Waals surface area contributed by atoms with Crippen molar-refractivity contribution in [2.75, 3.05) is 63.8 Å². The molecule has 2 saturated heterocycles. The predicted octanol–water partition coefficient (Wildman–Crippen LogP) is 2.87. The Labute approximate surface area is 209 Å². The number of hydrogen-bond acceptors (Lipinski definition) is 7. The second-order valence-electron chi connectivity index (χ2n) is 9.76. The summed E-state index contributed by atoms with van der Waals surface area (Å²) in [6.45, 7) is 12.4. The first-order valence-electron chi connectivity index (χ1n) is 13.3. The van der Waals surface area contributed by atoms with Gasteiger partial charge in [0.05, 0.1) is 12.6 Å². The SMILES string of the molecule is CCCC[C@H](O)CN1CCN(Cc2nc(C(=O)N3CCN(c4ccccc4CC)CC3)co2)CC1. The van der Waals surface area contributed by atoms with Crippen LogP contribution < -0.4 is 4.90 Å². The van der Waals surface area contributed by atoms with Crippen LogP contribution in [0.5, 0.6) is 0 Å². The van der Waals surface area contributed by atoms with E-state index in [1.807, 2.05) is 4.90 Å². The summed E-state index contributed by atoms with van der Waals surface area (Å²) in [4.78, 5) is 26.4. The Balaban J connectivity index is 1.22. The first kappa shape index (κ1) is 25.7. The number of carbonyl (C=O) groups excluding carboxylic acids is 1. The minimum absolute atomic E-state index is 0.0469. The molecule has 2 aliphatic heterocycles. The molecule has 2 fully saturated rings. The summed E-state index contributed by atoms with van der Waals surface area (Å²) in [5, 5.41) is 10.2. The van der Waals surface area contributed by atoms with Crippen LogP contribution in [0.3, 0.4) is 0 Å². The zero-order valence-electron chi connectivity index (χ0n) is 21.4. The molecule has 1 aromatic carbocycles. The van der Waals surface area contributed by atoms with Gasteiger partial charge in [0.2, 0.25) is 5.89 Å². The van der Waals surface area contributed by atoms with Crippen molar-refractivity contribution in [3.8, 4) is 0 Å². The Morgan fingerprint density at radius 1 is 1.03 bits per heavy atom. The van der Waals surface area contributed by atoms with Crippen LogP contribution in [0.25, 0.3) is 0 Å². The smallest absolute Gasteiger partial charge is 0.275 e. The summed E-state index contributed by atoms with van der Waals surface area (Å²) >= 11 is 0. The number of aliphatic hydroxyl groups excluding tert-OH is 1. The Morgan fingerprint density at radius 2 is 1.74 bits per heavy atom. The number of hydrogen-bond donors (Lipinski definition) is 1. The fourth-order valence-electron chi connectivity index (χ4n) is 5.06. The lowest BCUT2D eigenvalue weighted by molar-refractivity contribution is 0.0627. The Bertz CT molecular complexity index is 932. The third-order valence-electron chi connectivity index (χ3n) is 7.23. The number of benzene rings is 1. The van der Waals surface area contributed by atoms with E-state index in [0.29, 0.717) is 31.2 Å². The van der Waals surface area contributed by atoms with Crippen molar-refractivity contribution in [3.05, 3.63) is 47.7 Å². The molecule has 192 valence electrons. The number of oxazole rings is 1. The maximum Gasteiger partial charge on any atom is 0.275 e. The summed E-state index contributed by atoms with van der Waals surface area (Å²) in [6, 6.07) is 8.53. The van der Waals surface area contributed by atoms with Gasteiger partial charge in [-0.05, 0) is 24.5 Å². The molecule has 2 aliphatic rings. The molecule has 2 aromatic rings. The predicted molar refractivity (Wildman–Crippen MR) is 138 cm³/mol. The van der Waals surface area contributed by atoms with Gasteiger partial charge in [-0.2, -0.15) is 0 Å². The zero-order valence-corrected chi connectivity index (χ0v) is 21.4. The van der Waals surface area contributed by atoms with Crippen LogP contribution in [0.15, 0.2) is 34.9 Å². The van der Waals surface area contributed by atoms with Crippen LogP contribution in [-0.2, 0) is 13.0 Å². The van der Waals surface area contributed by atoms with Crippen LogP contribution in [0.2, 0.25) is 0 Å². The maximum absolute atomic E-state index is 13.0. The zero-order chi connectivity index (χ0) is 24.6. The Kier molecular flexibility index (Phi) is 9.18. The number of unbranched alkanes of at least 4 members (excludes halogenated alkanes) is 1. The highest BCUT2D eigenvalue weighted by molar-refractivity contribution is 5.92. The Hall–Kier alpha value is -2.42. The monoisotopic (exact) mass is 483 g/mol. The van der Waals surface area contributed by atoms with Gasteiger partial charge in [0.1, 0.15) is 6.26 Å². The molecule has 0 unspecified atom stereocenters. The summed E-state index contributed by atoms with van der Waals surface area (Å²) in [6.07, 6.45) is 5.36. The molecule has 1 N–H and O–H groups in total. The number of carbonyl (C=O) groups is 1. The third kappa shape index (κ3) is 6.84. The molecule has 1 atom stereocenters. The van der Waals surface area contributed by atoms with Crippen molar-refractivity contribution in [1.29, 1.82) is 0 Å². The molecule has 0 radical (unpaired) electrons. The third-order valence-corrected chi connectivity index (χ3v) is 7.23. The van der Waals surface area contributed by atoms with Crippen molar-refractivity contribution in [3.63, 3.8) is 0 Å². The molecule has 0 saturated carbocycles. The quantitative estimate of drug-likeness (QED) is 0.557. The number of piperazine rings is 2. The molecule has 8 nitrogen and oxygen atoms in total. The number of para-hydroxylation sites is 1. The second kappa shape index (κ2) is 12.5. The van der Waals surface area contributed by atoms with E-state index in [4.69, 9.17) is 4.42 Å². The van der Waals surface area contributed by atoms with Gasteiger partial charge >= 0.3 is 0 Å². The van der Waals surface area contributed by atoms with Crippen molar-refractivity contribution in [2.45, 2.75) is 52.2 Å². The van der Waals surface area contributed by atoms with E-state index in [1.165, 1.54) is 17.5 Å². The fraction of sp³-hybridized carbons (Fsp3) is 0.630. The van der Waals surface area contributed by atoms with Crippen LogP contribution in [0.1, 0.15) is 55.1 Å². The summed E-state index contributed by atoms with van der Waals surface area (Å²) in [7, 11) is 0. The van der Waals surface area contributed by atoms with E-state index in [0.717, 1.165) is 71.5 Å². The highest BCUT2D eigenvalue weighted by Crippen LogP contribution is 2.23. The summed E-state index contributed by atoms with van der Waals surface area (Å²) in [5.41, 5.74) is 3.03. The fourth-order valence-corrected chi connectivity index (χ4v) is 5.06. The minimum atomic E-state index is -0.231. The normalized spacial score (nSPS) is 18.7. The molecular weight excluding hydrogens is 442 g/mol. The van der Waals surface area contributed by atoms with Crippen LogP contribution in [-0.4, -0.2) is 95.7 Å². The average molecular weight is 484 g/mol. The molecule has 35 heavy (non-hydrogen) atoms. The number of aryl methyl sites for hydroxylation is 1. The summed E-state index contributed by atoms with van der Waals surface area (Å²) in [5.74, 6) is 0.551. The average Bonchev–Trinajstić information content (AvgIpc) is 3.36. The first-order chi connectivity index (χ1) is 17.1. The highest BCUT2D eigenvalue weighted by Gasteiger charge is 2.26. The van der Waals surface area contributed by atoms with Gasteiger partial charge < -0.3 is 19.3 Å². The van der Waals surface area contributed by atoms with Crippen molar-refractivity contribution < 1.29 is 14.3 Å². The van der Waals surface area contributed by atoms with Crippen LogP contribution in [0.4, 0.5) is 5.69 Å². The number of aliphatic hydroxyl groups is 1. The number of nitrogens with zero attached hydrogens (tertiary/aromatic N) is 5. The highest BCUT2D eigenvalue weighted by atomic mass is 16.3. The number of aromatic nitrogens is 1. The lowest BCUT2D eigenvalue weighted by Crippen LogP contribution is -2.49. The standard InChI is InChI=1S/C27H41N5O3/c1-3-5-9-23(33)19-29-11-13-30(14-12-29)20-26-28-24(21-35-26)27(34)32-17-15-31(16-18-32)25-10-7-6-8-22(25)4-2/h6-8,10,21,23,33H,3-5,9,11-20H2,1-2H3/t23-/m0/s1. The largest absolute Gasteiger partial charge is 0.447 e. The van der Waals surface area contributed by atoms with E-state index in [2.05, 4.69) is 57.8 Å². The van der Waals surface area contributed by atoms with E-state index in [1.54, 1.807) is 0 Å². The van der Waals surface area contributed by atoms with Crippen molar-refractivity contribution >= 4 is 11.6 Å². The number of amides is 1. The number of β-amino-alcohol motifs (C(OH)–C–C–N with tert-alkyl or cyclic N) is 1. The molecule has 1 amide bonds. The van der Waals surface area contributed by atoms with E-state index in [-0.39, 0.29) is 12.0 Å². The van der Waals surface area contributed by atoms with Gasteiger partial charge in [0.25, 0.3) is 5.91 Å². The van der Waals surface area contributed by atoms with Crippen LogP contribution in [0, 0.1) is 0 Å². The molecule has 0 bridgehead atoms. The van der Waals surface area contributed by atoms with Crippen LogP contribution >= 0.6 is 0 Å². The molecule has 8 heteroatoms. The molecule has 4 rings (SSSR count). The maximum atomic E-state index is 13.0. The van der Waals surface area contributed by atoms with Gasteiger partial charge in [-0.1, -0.05) is 44.9 Å². The van der Waals surface area contributed by atoms with Gasteiger partial charge in [-0.25, -0.2) is 4.98 Å². The second-order valence-corrected chi connectivity index (χ2v) is 9.76.